The number of ether oxygens (including phenoxy) is 2. The number of hydrogen-bond donors (Lipinski definition) is 0. The first kappa shape index (κ1) is 14.0. The number of rotatable bonds is 4. The fourth-order valence-corrected chi connectivity index (χ4v) is 2.52. The fourth-order valence-electron chi connectivity index (χ4n) is 2.52. The molecular weight excluding hydrogens is 240 g/mol. The predicted octanol–water partition coefficient (Wildman–Crippen LogP) is 2.23. The van der Waals surface area contributed by atoms with E-state index in [9.17, 15) is 0 Å². The summed E-state index contributed by atoms with van der Waals surface area (Å²) in [4.78, 5) is 4.88. The van der Waals surface area contributed by atoms with E-state index in [2.05, 4.69) is 29.7 Å². The monoisotopic (exact) mass is 264 g/mol. The van der Waals surface area contributed by atoms with Crippen LogP contribution in [0.1, 0.15) is 13.8 Å². The summed E-state index contributed by atoms with van der Waals surface area (Å²) in [5.41, 5.74) is 1.13. The Morgan fingerprint density at radius 2 is 1.68 bits per heavy atom. The van der Waals surface area contributed by atoms with Crippen LogP contribution in [0.4, 0.5) is 5.69 Å². The van der Waals surface area contributed by atoms with Crippen molar-refractivity contribution >= 4 is 5.69 Å². The third kappa shape index (κ3) is 3.13. The van der Waals surface area contributed by atoms with Gasteiger partial charge < -0.3 is 14.4 Å². The lowest BCUT2D eigenvalue weighted by Gasteiger charge is -2.38. The molecule has 0 bridgehead atoms. The molecule has 106 valence electrons. The maximum absolute atomic E-state index is 5.46. The van der Waals surface area contributed by atoms with E-state index in [-0.39, 0.29) is 0 Å². The minimum atomic E-state index is 0.620. The van der Waals surface area contributed by atoms with Crippen LogP contribution in [0, 0.1) is 0 Å². The van der Waals surface area contributed by atoms with E-state index in [0.29, 0.717) is 6.04 Å². The second kappa shape index (κ2) is 6.15. The topological polar surface area (TPSA) is 24.9 Å². The normalized spacial score (nSPS) is 16.8. The fraction of sp³-hybridized carbons (Fsp3) is 0.600. The first-order chi connectivity index (χ1) is 9.15. The Labute approximate surface area is 115 Å². The van der Waals surface area contributed by atoms with Crippen LogP contribution in [0.3, 0.4) is 0 Å². The second-order valence-electron chi connectivity index (χ2n) is 5.15. The van der Waals surface area contributed by atoms with Gasteiger partial charge in [0.15, 0.2) is 0 Å². The van der Waals surface area contributed by atoms with Gasteiger partial charge >= 0.3 is 0 Å². The molecule has 0 N–H and O–H groups in total. The molecule has 0 atom stereocenters. The van der Waals surface area contributed by atoms with Crippen molar-refractivity contribution < 1.29 is 9.47 Å². The lowest BCUT2D eigenvalue weighted by atomic mass is 10.2. The van der Waals surface area contributed by atoms with Gasteiger partial charge in [0.25, 0.3) is 0 Å². The number of methoxy groups -OCH3 is 2. The number of piperazine rings is 1. The van der Waals surface area contributed by atoms with Gasteiger partial charge in [-0.05, 0) is 26.0 Å². The van der Waals surface area contributed by atoms with E-state index in [0.717, 1.165) is 43.4 Å². The van der Waals surface area contributed by atoms with Crippen LogP contribution in [0.15, 0.2) is 18.2 Å². The molecule has 1 saturated heterocycles. The zero-order chi connectivity index (χ0) is 13.8. The van der Waals surface area contributed by atoms with Crippen molar-refractivity contribution in [1.29, 1.82) is 0 Å². The van der Waals surface area contributed by atoms with Gasteiger partial charge in [0.05, 0.1) is 19.9 Å². The zero-order valence-corrected chi connectivity index (χ0v) is 12.3. The van der Waals surface area contributed by atoms with Crippen molar-refractivity contribution in [2.24, 2.45) is 0 Å². The molecule has 0 aromatic heterocycles. The summed E-state index contributed by atoms with van der Waals surface area (Å²) in [7, 11) is 3.41. The highest BCUT2D eigenvalue weighted by Gasteiger charge is 2.21. The van der Waals surface area contributed by atoms with Gasteiger partial charge in [-0.1, -0.05) is 0 Å². The molecule has 0 saturated carbocycles. The van der Waals surface area contributed by atoms with Gasteiger partial charge in [0, 0.05) is 38.3 Å². The van der Waals surface area contributed by atoms with Crippen LogP contribution in [0.2, 0.25) is 0 Å². The molecule has 1 aliphatic rings. The van der Waals surface area contributed by atoms with Crippen LogP contribution < -0.4 is 14.4 Å². The van der Waals surface area contributed by atoms with Gasteiger partial charge in [0.2, 0.25) is 0 Å². The molecule has 1 aromatic carbocycles. The third-order valence-corrected chi connectivity index (χ3v) is 3.77. The summed E-state index contributed by atoms with van der Waals surface area (Å²) in [5, 5.41) is 0. The van der Waals surface area contributed by atoms with Crippen molar-refractivity contribution in [1.82, 2.24) is 4.90 Å². The van der Waals surface area contributed by atoms with Crippen LogP contribution >= 0.6 is 0 Å². The quantitative estimate of drug-likeness (QED) is 0.832. The summed E-state index contributed by atoms with van der Waals surface area (Å²) < 4.78 is 10.8. The largest absolute Gasteiger partial charge is 0.497 e. The summed E-state index contributed by atoms with van der Waals surface area (Å²) >= 11 is 0. The van der Waals surface area contributed by atoms with Crippen LogP contribution in [0.5, 0.6) is 11.5 Å². The van der Waals surface area contributed by atoms with E-state index in [1.54, 1.807) is 14.2 Å². The first-order valence-corrected chi connectivity index (χ1v) is 6.86. The van der Waals surface area contributed by atoms with Gasteiger partial charge in [-0.15, -0.1) is 0 Å². The summed E-state index contributed by atoms with van der Waals surface area (Å²) in [6.45, 7) is 8.75. The summed E-state index contributed by atoms with van der Waals surface area (Å²) in [6.07, 6.45) is 0. The molecule has 0 unspecified atom stereocenters. The average Bonchev–Trinajstić information content (AvgIpc) is 2.46. The van der Waals surface area contributed by atoms with E-state index in [1.807, 2.05) is 12.1 Å². The Kier molecular flexibility index (Phi) is 4.53. The Hall–Kier alpha value is -1.42. The minimum absolute atomic E-state index is 0.620. The van der Waals surface area contributed by atoms with E-state index < -0.39 is 0 Å². The highest BCUT2D eigenvalue weighted by Crippen LogP contribution is 2.32. The molecule has 0 amide bonds. The Bertz CT molecular complexity index is 413. The van der Waals surface area contributed by atoms with Gasteiger partial charge in [-0.3, -0.25) is 4.90 Å². The van der Waals surface area contributed by atoms with Gasteiger partial charge in [-0.2, -0.15) is 0 Å². The highest BCUT2D eigenvalue weighted by atomic mass is 16.5. The lowest BCUT2D eigenvalue weighted by Crippen LogP contribution is -2.49. The standard InChI is InChI=1S/C15H24N2O2/c1-12(2)16-7-9-17(10-8-16)14-11-13(18-3)5-6-15(14)19-4/h5-6,11-12H,7-10H2,1-4H3. The molecule has 2 rings (SSSR count). The zero-order valence-electron chi connectivity index (χ0n) is 12.3. The number of anilines is 1. The molecule has 4 nitrogen and oxygen atoms in total. The lowest BCUT2D eigenvalue weighted by molar-refractivity contribution is 0.209. The van der Waals surface area contributed by atoms with E-state index in [4.69, 9.17) is 9.47 Å². The second-order valence-corrected chi connectivity index (χ2v) is 5.15. The first-order valence-electron chi connectivity index (χ1n) is 6.86. The molecule has 1 aromatic rings. The maximum atomic E-state index is 5.46. The smallest absolute Gasteiger partial charge is 0.142 e. The molecule has 1 aliphatic heterocycles. The summed E-state index contributed by atoms with van der Waals surface area (Å²) in [6, 6.07) is 6.59. The molecule has 1 fully saturated rings. The molecule has 4 heteroatoms. The Balaban J connectivity index is 2.13. The number of hydrogen-bond acceptors (Lipinski definition) is 4. The van der Waals surface area contributed by atoms with Crippen molar-refractivity contribution in [3.63, 3.8) is 0 Å². The van der Waals surface area contributed by atoms with Gasteiger partial charge in [-0.25, -0.2) is 0 Å². The molecular formula is C15H24N2O2. The third-order valence-electron chi connectivity index (χ3n) is 3.77. The Morgan fingerprint density at radius 1 is 1.00 bits per heavy atom. The van der Waals surface area contributed by atoms with E-state index in [1.165, 1.54) is 0 Å². The van der Waals surface area contributed by atoms with Gasteiger partial charge in [0.1, 0.15) is 11.5 Å². The van der Waals surface area contributed by atoms with Crippen molar-refractivity contribution in [3.05, 3.63) is 18.2 Å². The average molecular weight is 264 g/mol. The minimum Gasteiger partial charge on any atom is -0.497 e. The van der Waals surface area contributed by atoms with Crippen LogP contribution in [-0.4, -0.2) is 51.3 Å². The molecule has 0 aliphatic carbocycles. The van der Waals surface area contributed by atoms with Crippen LogP contribution in [-0.2, 0) is 0 Å². The van der Waals surface area contributed by atoms with Crippen molar-refractivity contribution in [2.45, 2.75) is 19.9 Å². The molecule has 19 heavy (non-hydrogen) atoms. The van der Waals surface area contributed by atoms with Crippen molar-refractivity contribution in [2.75, 3.05) is 45.3 Å². The number of benzene rings is 1. The number of nitrogens with zero attached hydrogens (tertiary/aromatic N) is 2. The Morgan fingerprint density at radius 3 is 2.21 bits per heavy atom. The molecule has 0 radical (unpaired) electrons. The SMILES string of the molecule is COc1ccc(OC)c(N2CCN(C(C)C)CC2)c1. The molecule has 0 spiro atoms. The predicted molar refractivity (Wildman–Crippen MR) is 78.5 cm³/mol. The molecule has 1 heterocycles. The maximum Gasteiger partial charge on any atom is 0.142 e. The highest BCUT2D eigenvalue weighted by molar-refractivity contribution is 5.62. The van der Waals surface area contributed by atoms with E-state index >= 15 is 0 Å². The van der Waals surface area contributed by atoms with Crippen molar-refractivity contribution in [3.8, 4) is 11.5 Å². The van der Waals surface area contributed by atoms with Crippen LogP contribution in [0.25, 0.3) is 0 Å². The summed E-state index contributed by atoms with van der Waals surface area (Å²) in [5.74, 6) is 1.79.